The SMILES string of the molecule is O=C(NC1CCCCC1)c1ccc2c(c1)C1(OC2=O)c2cc(F)c(O)c(F)c2Oc2c1cc(F)c(OS(=O)(=O)C(F)(F)F)c2F. The molecule has 3 aromatic rings. The number of esters is 1. The molecule has 2 N–H and O–H groups in total. The van der Waals surface area contributed by atoms with Gasteiger partial charge in [-0.05, 0) is 43.2 Å². The van der Waals surface area contributed by atoms with E-state index in [9.17, 15) is 40.7 Å². The number of carbonyl (C=O) groups excluding carboxylic acids is 2. The van der Waals surface area contributed by atoms with E-state index in [4.69, 9.17) is 9.47 Å². The first kappa shape index (κ1) is 30.5. The maximum Gasteiger partial charge on any atom is 0.534 e. The van der Waals surface area contributed by atoms with Gasteiger partial charge in [0.1, 0.15) is 0 Å². The highest BCUT2D eigenvalue weighted by Crippen LogP contribution is 2.59. The minimum absolute atomic E-state index is 0.108. The summed E-state index contributed by atoms with van der Waals surface area (Å²) >= 11 is 0. The van der Waals surface area contributed by atoms with E-state index in [0.29, 0.717) is 18.9 Å². The molecule has 2 heterocycles. The first-order valence-corrected chi connectivity index (χ1v) is 14.6. The molecule has 3 aromatic carbocycles. The predicted octanol–water partition coefficient (Wildman–Crippen LogP) is 5.81. The lowest BCUT2D eigenvalue weighted by molar-refractivity contribution is -0.0502. The molecule has 2 aliphatic heterocycles. The van der Waals surface area contributed by atoms with Crippen LogP contribution in [0.5, 0.6) is 23.0 Å². The number of halogens is 7. The number of benzene rings is 3. The zero-order valence-corrected chi connectivity index (χ0v) is 23.2. The summed E-state index contributed by atoms with van der Waals surface area (Å²) in [5.41, 5.74) is -11.3. The van der Waals surface area contributed by atoms with Gasteiger partial charge in [-0.25, -0.2) is 13.6 Å². The van der Waals surface area contributed by atoms with Crippen LogP contribution in [-0.2, 0) is 20.5 Å². The average Bonchev–Trinajstić information content (AvgIpc) is 3.27. The quantitative estimate of drug-likeness (QED) is 0.155. The number of hydrogen-bond donors (Lipinski definition) is 2. The van der Waals surface area contributed by atoms with Gasteiger partial charge in [-0.15, -0.1) is 0 Å². The summed E-state index contributed by atoms with van der Waals surface area (Å²) in [6, 6.07) is 3.86. The van der Waals surface area contributed by atoms with Gasteiger partial charge in [-0.3, -0.25) is 4.79 Å². The van der Waals surface area contributed by atoms with Crippen molar-refractivity contribution >= 4 is 22.0 Å². The third kappa shape index (κ3) is 4.62. The van der Waals surface area contributed by atoms with Gasteiger partial charge in [-0.2, -0.15) is 30.4 Å². The molecule has 1 unspecified atom stereocenters. The van der Waals surface area contributed by atoms with E-state index >= 15 is 13.2 Å². The fourth-order valence-electron chi connectivity index (χ4n) is 5.70. The number of phenols is 1. The normalized spacial score (nSPS) is 19.3. The molecule has 0 radical (unpaired) electrons. The van der Waals surface area contributed by atoms with Crippen molar-refractivity contribution < 1.29 is 67.5 Å². The van der Waals surface area contributed by atoms with Crippen molar-refractivity contribution in [1.29, 1.82) is 0 Å². The lowest BCUT2D eigenvalue weighted by atomic mass is 9.76. The first-order chi connectivity index (χ1) is 21.1. The predicted molar refractivity (Wildman–Crippen MR) is 136 cm³/mol. The molecule has 1 aliphatic carbocycles. The number of rotatable bonds is 4. The van der Waals surface area contributed by atoms with E-state index in [0.717, 1.165) is 31.4 Å². The highest BCUT2D eigenvalue weighted by atomic mass is 32.2. The smallest absolute Gasteiger partial charge is 0.503 e. The lowest BCUT2D eigenvalue weighted by Crippen LogP contribution is -2.37. The van der Waals surface area contributed by atoms with Crippen LogP contribution in [0, 0.1) is 23.3 Å². The third-order valence-electron chi connectivity index (χ3n) is 7.79. The van der Waals surface area contributed by atoms with Crippen LogP contribution >= 0.6 is 0 Å². The molecule has 0 bridgehead atoms. The Morgan fingerprint density at radius 1 is 0.933 bits per heavy atom. The van der Waals surface area contributed by atoms with Gasteiger partial charge in [0.25, 0.3) is 5.91 Å². The van der Waals surface area contributed by atoms with Gasteiger partial charge in [0.2, 0.25) is 17.4 Å². The summed E-state index contributed by atoms with van der Waals surface area (Å²) in [7, 11) is -6.64. The van der Waals surface area contributed by atoms with Crippen molar-refractivity contribution in [3.05, 3.63) is 81.4 Å². The van der Waals surface area contributed by atoms with Crippen molar-refractivity contribution in [3.8, 4) is 23.0 Å². The molecule has 1 saturated carbocycles. The Kier molecular flexibility index (Phi) is 6.94. The second-order valence-corrected chi connectivity index (χ2v) is 12.0. The Bertz CT molecular complexity index is 1910. The molecule has 6 rings (SSSR count). The Morgan fingerprint density at radius 3 is 2.20 bits per heavy atom. The number of ether oxygens (including phenoxy) is 2. The van der Waals surface area contributed by atoms with Gasteiger partial charge >= 0.3 is 21.6 Å². The first-order valence-electron chi connectivity index (χ1n) is 13.2. The molecule has 0 aromatic heterocycles. The van der Waals surface area contributed by atoms with E-state index in [1.807, 2.05) is 0 Å². The lowest BCUT2D eigenvalue weighted by Gasteiger charge is -2.37. The minimum Gasteiger partial charge on any atom is -0.503 e. The largest absolute Gasteiger partial charge is 0.534 e. The van der Waals surface area contributed by atoms with E-state index in [-0.39, 0.29) is 28.8 Å². The summed E-state index contributed by atoms with van der Waals surface area (Å²) in [5, 5.41) is 12.7. The zero-order valence-electron chi connectivity index (χ0n) is 22.4. The molecule has 45 heavy (non-hydrogen) atoms. The Morgan fingerprint density at radius 2 is 1.56 bits per heavy atom. The van der Waals surface area contributed by atoms with Gasteiger partial charge in [0.05, 0.1) is 16.7 Å². The van der Waals surface area contributed by atoms with Gasteiger partial charge in [0, 0.05) is 17.2 Å². The number of amides is 1. The number of phenolic OH excluding ortho intramolecular Hbond substituents is 1. The molecule has 238 valence electrons. The molecule has 1 spiro atoms. The Balaban J connectivity index is 1.59. The topological polar surface area (TPSA) is 128 Å². The highest BCUT2D eigenvalue weighted by molar-refractivity contribution is 7.88. The van der Waals surface area contributed by atoms with Gasteiger partial charge in [-0.1, -0.05) is 19.3 Å². The van der Waals surface area contributed by atoms with Gasteiger partial charge in [0.15, 0.2) is 34.5 Å². The minimum atomic E-state index is -6.64. The molecule has 0 saturated heterocycles. The number of fused-ring (bicyclic) bond motifs is 6. The van der Waals surface area contributed by atoms with Crippen molar-refractivity contribution in [2.75, 3.05) is 0 Å². The molecule has 3 aliphatic rings. The van der Waals surface area contributed by atoms with Crippen LogP contribution in [0.15, 0.2) is 30.3 Å². The van der Waals surface area contributed by atoms with Crippen LogP contribution in [0.2, 0.25) is 0 Å². The summed E-state index contributed by atoms with van der Waals surface area (Å²) in [6.45, 7) is 0. The molecular weight excluding hydrogens is 643 g/mol. The number of aromatic hydroxyl groups is 1. The van der Waals surface area contributed by atoms with Gasteiger partial charge < -0.3 is 24.1 Å². The van der Waals surface area contributed by atoms with Crippen molar-refractivity contribution in [3.63, 3.8) is 0 Å². The molecule has 1 atom stereocenters. The summed E-state index contributed by atoms with van der Waals surface area (Å²) in [6.07, 6.45) is 4.10. The fourth-order valence-corrected chi connectivity index (χ4v) is 6.16. The molecule has 17 heteroatoms. The Labute approximate surface area is 248 Å². The number of carbonyl (C=O) groups is 2. The molecule has 9 nitrogen and oxygen atoms in total. The van der Waals surface area contributed by atoms with E-state index < -0.39 is 90.5 Å². The van der Waals surface area contributed by atoms with Crippen LogP contribution in [0.1, 0.15) is 69.5 Å². The Hall–Kier alpha value is -4.54. The van der Waals surface area contributed by atoms with Crippen molar-refractivity contribution in [2.24, 2.45) is 0 Å². The second kappa shape index (κ2) is 10.3. The third-order valence-corrected chi connectivity index (χ3v) is 8.74. The fraction of sp³-hybridized carbons (Fsp3) is 0.286. The van der Waals surface area contributed by atoms with Crippen LogP contribution in [0.25, 0.3) is 0 Å². The standard InChI is InChI=1S/C28H18F7NO8S/c29-17-9-15-22(19(31)21(17)37)42-23-16(10-18(30)24(20(23)32)44-45(40,41)28(33,34)35)27(15)14-8-11(6-7-13(14)26(39)43-27)25(38)36-12-4-2-1-3-5-12/h6-10,12,37H,1-5H2,(H,36,38). The van der Waals surface area contributed by atoms with Crippen LogP contribution in [-0.4, -0.2) is 37.0 Å². The van der Waals surface area contributed by atoms with Crippen LogP contribution < -0.4 is 14.2 Å². The maximum absolute atomic E-state index is 15.7. The summed E-state index contributed by atoms with van der Waals surface area (Å²) in [4.78, 5) is 26.3. The van der Waals surface area contributed by atoms with E-state index in [2.05, 4.69) is 9.50 Å². The zero-order chi connectivity index (χ0) is 32.6. The second-order valence-electron chi connectivity index (χ2n) is 10.5. The maximum atomic E-state index is 15.7. The monoisotopic (exact) mass is 661 g/mol. The van der Waals surface area contributed by atoms with Crippen LogP contribution in [0.4, 0.5) is 30.7 Å². The summed E-state index contributed by atoms with van der Waals surface area (Å²) < 4.78 is 137. The van der Waals surface area contributed by atoms with Crippen molar-refractivity contribution in [2.45, 2.75) is 49.3 Å². The van der Waals surface area contributed by atoms with E-state index in [1.54, 1.807) is 0 Å². The summed E-state index contributed by atoms with van der Waals surface area (Å²) in [5.74, 6) is -16.1. The highest BCUT2D eigenvalue weighted by Gasteiger charge is 2.57. The van der Waals surface area contributed by atoms with E-state index in [1.165, 1.54) is 6.07 Å². The number of nitrogens with one attached hydrogen (secondary N) is 1. The molecule has 1 fully saturated rings. The molecular formula is C28H18F7NO8S. The number of hydrogen-bond acceptors (Lipinski definition) is 8. The average molecular weight is 662 g/mol. The van der Waals surface area contributed by atoms with Crippen molar-refractivity contribution in [1.82, 2.24) is 5.32 Å². The van der Waals surface area contributed by atoms with Crippen LogP contribution in [0.3, 0.4) is 0 Å². The molecule has 1 amide bonds. The number of alkyl halides is 3.